The summed E-state index contributed by atoms with van der Waals surface area (Å²) in [7, 11) is -3.53. The lowest BCUT2D eigenvalue weighted by Crippen LogP contribution is -2.35. The number of nitrogens with zero attached hydrogens (tertiary/aromatic N) is 3. The fourth-order valence-electron chi connectivity index (χ4n) is 3.30. The minimum Gasteiger partial charge on any atom is -0.296 e. The van der Waals surface area contributed by atoms with Gasteiger partial charge >= 0.3 is 0 Å². The summed E-state index contributed by atoms with van der Waals surface area (Å²) >= 11 is 14.8. The van der Waals surface area contributed by atoms with Crippen LogP contribution in [0, 0.1) is 0 Å². The molecule has 1 aliphatic heterocycles. The molecule has 7 nitrogen and oxygen atoms in total. The second kappa shape index (κ2) is 10.7. The number of carbonyl (C=O) groups excluding carboxylic acids is 1. The van der Waals surface area contributed by atoms with Gasteiger partial charge in [-0.2, -0.15) is 4.31 Å². The van der Waals surface area contributed by atoms with Gasteiger partial charge in [-0.05, 0) is 54.8 Å². The van der Waals surface area contributed by atoms with Gasteiger partial charge in [-0.3, -0.25) is 10.1 Å². The zero-order valence-electron chi connectivity index (χ0n) is 17.3. The van der Waals surface area contributed by atoms with E-state index in [1.807, 2.05) is 6.07 Å². The van der Waals surface area contributed by atoms with Gasteiger partial charge < -0.3 is 0 Å². The van der Waals surface area contributed by atoms with E-state index in [0.717, 1.165) is 24.8 Å². The number of carbonyl (C=O) groups is 1. The molecule has 1 saturated heterocycles. The van der Waals surface area contributed by atoms with Crippen molar-refractivity contribution in [3.8, 4) is 0 Å². The van der Waals surface area contributed by atoms with Crippen LogP contribution in [0.5, 0.6) is 0 Å². The normalized spacial score (nSPS) is 14.8. The largest absolute Gasteiger partial charge is 0.296 e. The van der Waals surface area contributed by atoms with Crippen molar-refractivity contribution in [2.75, 3.05) is 18.4 Å². The van der Waals surface area contributed by atoms with Crippen molar-refractivity contribution in [2.45, 2.75) is 34.3 Å². The van der Waals surface area contributed by atoms with Crippen molar-refractivity contribution < 1.29 is 13.2 Å². The molecule has 0 unspecified atom stereocenters. The van der Waals surface area contributed by atoms with E-state index >= 15 is 0 Å². The third-order valence-corrected chi connectivity index (χ3v) is 9.58. The van der Waals surface area contributed by atoms with E-state index in [2.05, 4.69) is 15.5 Å². The first-order valence-electron chi connectivity index (χ1n) is 10.1. The predicted octanol–water partition coefficient (Wildman–Crippen LogP) is 5.56. The van der Waals surface area contributed by atoms with E-state index in [4.69, 9.17) is 23.2 Å². The Labute approximate surface area is 210 Å². The van der Waals surface area contributed by atoms with Crippen LogP contribution >= 0.6 is 46.3 Å². The number of benzene rings is 2. The molecule has 0 radical (unpaired) electrons. The molecule has 0 aliphatic carbocycles. The Bertz CT molecular complexity index is 1240. The fraction of sp³-hybridized carbons (Fsp3) is 0.286. The maximum absolute atomic E-state index is 12.8. The number of thioether (sulfide) groups is 1. The Hall–Kier alpha value is -1.69. The zero-order chi connectivity index (χ0) is 23.4. The lowest BCUT2D eigenvalue weighted by atomic mass is 10.2. The number of hydrogen-bond donors (Lipinski definition) is 1. The van der Waals surface area contributed by atoms with E-state index in [-0.39, 0.29) is 10.8 Å². The molecule has 0 bridgehead atoms. The Kier molecular flexibility index (Phi) is 7.93. The zero-order valence-corrected chi connectivity index (χ0v) is 21.3. The summed E-state index contributed by atoms with van der Waals surface area (Å²) in [5.41, 5.74) is 1.26. The van der Waals surface area contributed by atoms with Gasteiger partial charge in [0.2, 0.25) is 15.2 Å². The number of hydrogen-bond acceptors (Lipinski definition) is 7. The van der Waals surface area contributed by atoms with E-state index in [1.54, 1.807) is 12.1 Å². The molecular formula is C21H20Cl2N4O3S3. The first-order valence-corrected chi connectivity index (χ1v) is 14.1. The molecule has 12 heteroatoms. The fourth-order valence-corrected chi connectivity index (χ4v) is 7.12. The van der Waals surface area contributed by atoms with Crippen molar-refractivity contribution >= 4 is 67.4 Å². The highest BCUT2D eigenvalue weighted by Crippen LogP contribution is 2.31. The number of anilines is 1. The Balaban J connectivity index is 1.36. The van der Waals surface area contributed by atoms with E-state index in [1.165, 1.54) is 51.7 Å². The van der Waals surface area contributed by atoms with Gasteiger partial charge in [-0.1, -0.05) is 58.8 Å². The third-order valence-electron chi connectivity index (χ3n) is 5.06. The van der Waals surface area contributed by atoms with Gasteiger partial charge in [0.1, 0.15) is 0 Å². The molecule has 0 spiro atoms. The molecule has 1 aliphatic rings. The number of sulfonamides is 1. The molecule has 1 N–H and O–H groups in total. The Morgan fingerprint density at radius 1 is 1.06 bits per heavy atom. The van der Waals surface area contributed by atoms with Crippen LogP contribution in [0.4, 0.5) is 5.13 Å². The van der Waals surface area contributed by atoms with Crippen LogP contribution < -0.4 is 5.32 Å². The topological polar surface area (TPSA) is 92.3 Å². The number of piperidine rings is 1. The van der Waals surface area contributed by atoms with Crippen LogP contribution in [-0.4, -0.2) is 41.9 Å². The van der Waals surface area contributed by atoms with Crippen LogP contribution in [-0.2, 0) is 15.8 Å². The summed E-state index contributed by atoms with van der Waals surface area (Å²) in [4.78, 5) is 12.8. The lowest BCUT2D eigenvalue weighted by Gasteiger charge is -2.25. The van der Waals surface area contributed by atoms with Crippen molar-refractivity contribution in [1.29, 1.82) is 0 Å². The third kappa shape index (κ3) is 6.06. The summed E-state index contributed by atoms with van der Waals surface area (Å²) in [5.74, 6) is 0.205. The lowest BCUT2D eigenvalue weighted by molar-refractivity contribution is 0.102. The van der Waals surface area contributed by atoms with Crippen molar-refractivity contribution in [3.63, 3.8) is 0 Å². The molecule has 2 aromatic carbocycles. The maximum atomic E-state index is 12.8. The Morgan fingerprint density at radius 3 is 2.48 bits per heavy atom. The number of amides is 1. The smallest absolute Gasteiger partial charge is 0.257 e. The summed E-state index contributed by atoms with van der Waals surface area (Å²) in [6.45, 7) is 1.07. The van der Waals surface area contributed by atoms with Gasteiger partial charge in [-0.25, -0.2) is 8.42 Å². The quantitative estimate of drug-likeness (QED) is 0.310. The summed E-state index contributed by atoms with van der Waals surface area (Å²) in [6.07, 6.45) is 2.79. The number of halogens is 2. The van der Waals surface area contributed by atoms with Crippen LogP contribution in [0.2, 0.25) is 10.0 Å². The molecule has 0 saturated carbocycles. The molecule has 174 valence electrons. The van der Waals surface area contributed by atoms with Crippen molar-refractivity contribution in [2.24, 2.45) is 0 Å². The van der Waals surface area contributed by atoms with Crippen LogP contribution in [0.1, 0.15) is 35.2 Å². The molecule has 0 atom stereocenters. The highest BCUT2D eigenvalue weighted by Gasteiger charge is 2.26. The van der Waals surface area contributed by atoms with Gasteiger partial charge in [-0.15, -0.1) is 10.2 Å². The first-order chi connectivity index (χ1) is 15.8. The van der Waals surface area contributed by atoms with Crippen LogP contribution in [0.25, 0.3) is 0 Å². The van der Waals surface area contributed by atoms with Crippen LogP contribution in [0.15, 0.2) is 51.7 Å². The predicted molar refractivity (Wildman–Crippen MR) is 133 cm³/mol. The van der Waals surface area contributed by atoms with E-state index in [9.17, 15) is 13.2 Å². The summed E-state index contributed by atoms with van der Waals surface area (Å²) in [5, 5.41) is 12.3. The van der Waals surface area contributed by atoms with E-state index in [0.29, 0.717) is 43.9 Å². The number of aromatic nitrogens is 2. The maximum Gasteiger partial charge on any atom is 0.257 e. The van der Waals surface area contributed by atoms with Gasteiger partial charge in [0.15, 0.2) is 4.34 Å². The monoisotopic (exact) mass is 542 g/mol. The summed E-state index contributed by atoms with van der Waals surface area (Å²) < 4.78 is 27.7. The highest BCUT2D eigenvalue weighted by atomic mass is 35.5. The number of nitrogens with one attached hydrogen (secondary N) is 1. The van der Waals surface area contributed by atoms with E-state index < -0.39 is 10.0 Å². The first kappa shape index (κ1) is 24.4. The molecule has 33 heavy (non-hydrogen) atoms. The average Bonchev–Trinajstić information content (AvgIpc) is 3.26. The van der Waals surface area contributed by atoms with Crippen molar-refractivity contribution in [1.82, 2.24) is 14.5 Å². The van der Waals surface area contributed by atoms with Gasteiger partial charge in [0, 0.05) is 34.5 Å². The molecular weight excluding hydrogens is 523 g/mol. The van der Waals surface area contributed by atoms with Gasteiger partial charge in [0.05, 0.1) is 4.90 Å². The molecule has 2 heterocycles. The van der Waals surface area contributed by atoms with Gasteiger partial charge in [0.25, 0.3) is 5.91 Å². The minimum absolute atomic E-state index is 0.191. The second-order valence-electron chi connectivity index (χ2n) is 7.34. The standard InChI is InChI=1S/C21H20Cl2N4O3S3/c22-16-7-4-15(18(23)12-16)13-31-21-26-25-20(32-21)24-19(28)14-5-8-17(9-6-14)33(29,30)27-10-2-1-3-11-27/h4-9,12H,1-3,10-11,13H2,(H,24,25,28). The molecule has 3 aromatic rings. The summed E-state index contributed by atoms with van der Waals surface area (Å²) in [6, 6.07) is 11.3. The Morgan fingerprint density at radius 2 is 1.79 bits per heavy atom. The number of rotatable bonds is 7. The minimum atomic E-state index is -3.53. The molecule has 4 rings (SSSR count). The van der Waals surface area contributed by atoms with Crippen molar-refractivity contribution in [3.05, 3.63) is 63.6 Å². The molecule has 1 amide bonds. The van der Waals surface area contributed by atoms with Crippen LogP contribution in [0.3, 0.4) is 0 Å². The highest BCUT2D eigenvalue weighted by molar-refractivity contribution is 8.00. The molecule has 1 aromatic heterocycles. The average molecular weight is 544 g/mol. The second-order valence-corrected chi connectivity index (χ2v) is 12.3. The SMILES string of the molecule is O=C(Nc1nnc(SCc2ccc(Cl)cc2Cl)s1)c1ccc(S(=O)(=O)N2CCCCC2)cc1. The molecule has 1 fully saturated rings.